The minimum absolute atomic E-state index is 0.179. The zero-order chi connectivity index (χ0) is 17.9. The minimum atomic E-state index is -2.79. The fourth-order valence-corrected chi connectivity index (χ4v) is 5.20. The molecule has 0 atom stereocenters. The lowest BCUT2D eigenvalue weighted by Gasteiger charge is -2.35. The second kappa shape index (κ2) is 8.01. The summed E-state index contributed by atoms with van der Waals surface area (Å²) >= 11 is 1.72. The quantitative estimate of drug-likeness (QED) is 0.684. The van der Waals surface area contributed by atoms with Gasteiger partial charge in [0.1, 0.15) is 5.75 Å². The van der Waals surface area contributed by atoms with Gasteiger partial charge in [0.25, 0.3) is 0 Å². The van der Waals surface area contributed by atoms with Crippen molar-refractivity contribution >= 4 is 11.3 Å². The summed E-state index contributed by atoms with van der Waals surface area (Å²) in [5.74, 6) is 0.728. The van der Waals surface area contributed by atoms with E-state index in [0.29, 0.717) is 5.92 Å². The van der Waals surface area contributed by atoms with Crippen LogP contribution in [0.1, 0.15) is 49.5 Å². The van der Waals surface area contributed by atoms with Crippen LogP contribution >= 0.6 is 11.3 Å². The molecule has 1 aliphatic carbocycles. The van der Waals surface area contributed by atoms with Crippen molar-refractivity contribution in [3.63, 3.8) is 0 Å². The number of nitrogens with zero attached hydrogens (tertiary/aromatic N) is 2. The van der Waals surface area contributed by atoms with E-state index in [1.54, 1.807) is 35.6 Å². The van der Waals surface area contributed by atoms with Crippen LogP contribution in [0.3, 0.4) is 0 Å². The van der Waals surface area contributed by atoms with Gasteiger partial charge >= 0.3 is 6.61 Å². The molecular formula is C20H24F2N2OS. The zero-order valence-electron chi connectivity index (χ0n) is 14.7. The SMILES string of the molecule is FC(F)Oc1ccc(-c2csc(C3CCN(C4CCCC4)CC3)n2)cc1. The molecule has 0 unspecified atom stereocenters. The first-order valence-corrected chi connectivity index (χ1v) is 10.3. The molecule has 0 bridgehead atoms. The number of hydrogen-bond acceptors (Lipinski definition) is 4. The Hall–Kier alpha value is -1.53. The number of hydrogen-bond donors (Lipinski definition) is 0. The molecule has 0 N–H and O–H groups in total. The van der Waals surface area contributed by atoms with E-state index in [-0.39, 0.29) is 5.75 Å². The van der Waals surface area contributed by atoms with Crippen molar-refractivity contribution in [2.45, 2.75) is 57.1 Å². The standard InChI is InChI=1S/C20H24F2N2OS/c21-20(22)25-17-7-5-14(6-8-17)18-13-26-19(23-18)15-9-11-24(12-10-15)16-3-1-2-4-16/h5-8,13,15-16,20H,1-4,9-12H2. The van der Waals surface area contributed by atoms with Crippen LogP contribution in [0.15, 0.2) is 29.6 Å². The van der Waals surface area contributed by atoms with Crippen molar-refractivity contribution in [3.8, 4) is 17.0 Å². The number of halogens is 2. The second-order valence-electron chi connectivity index (χ2n) is 7.22. The lowest BCUT2D eigenvalue weighted by Crippen LogP contribution is -2.39. The molecule has 3 nitrogen and oxygen atoms in total. The van der Waals surface area contributed by atoms with E-state index in [9.17, 15) is 8.78 Å². The average Bonchev–Trinajstić information content (AvgIpc) is 3.34. The summed E-state index contributed by atoms with van der Waals surface area (Å²) in [6.07, 6.45) is 7.90. The molecule has 6 heteroatoms. The summed E-state index contributed by atoms with van der Waals surface area (Å²) in [7, 11) is 0. The van der Waals surface area contributed by atoms with Crippen LogP contribution in [0.25, 0.3) is 11.3 Å². The highest BCUT2D eigenvalue weighted by Gasteiger charge is 2.28. The fraction of sp³-hybridized carbons (Fsp3) is 0.550. The fourth-order valence-electron chi connectivity index (χ4n) is 4.20. The monoisotopic (exact) mass is 378 g/mol. The number of alkyl halides is 2. The van der Waals surface area contributed by atoms with Gasteiger partial charge in [0.05, 0.1) is 10.7 Å². The maximum Gasteiger partial charge on any atom is 0.387 e. The van der Waals surface area contributed by atoms with Crippen LogP contribution in [0.5, 0.6) is 5.75 Å². The van der Waals surface area contributed by atoms with Crippen LogP contribution in [0.2, 0.25) is 0 Å². The van der Waals surface area contributed by atoms with Crippen molar-refractivity contribution < 1.29 is 13.5 Å². The van der Waals surface area contributed by atoms with E-state index in [1.165, 1.54) is 56.6 Å². The summed E-state index contributed by atoms with van der Waals surface area (Å²) in [4.78, 5) is 7.51. The van der Waals surface area contributed by atoms with Crippen molar-refractivity contribution in [3.05, 3.63) is 34.7 Å². The first-order valence-electron chi connectivity index (χ1n) is 9.44. The Bertz CT molecular complexity index is 705. The zero-order valence-corrected chi connectivity index (χ0v) is 15.6. The summed E-state index contributed by atoms with van der Waals surface area (Å²) in [6, 6.07) is 7.54. The van der Waals surface area contributed by atoms with Gasteiger partial charge in [-0.25, -0.2) is 4.98 Å². The molecule has 140 valence electrons. The number of benzene rings is 1. The van der Waals surface area contributed by atoms with Gasteiger partial charge in [0, 0.05) is 22.9 Å². The van der Waals surface area contributed by atoms with Crippen LogP contribution in [-0.4, -0.2) is 35.6 Å². The molecule has 2 aliphatic rings. The molecule has 2 aromatic rings. The lowest BCUT2D eigenvalue weighted by molar-refractivity contribution is -0.0498. The Morgan fingerprint density at radius 2 is 1.73 bits per heavy atom. The van der Waals surface area contributed by atoms with Gasteiger partial charge < -0.3 is 9.64 Å². The van der Waals surface area contributed by atoms with Gasteiger partial charge in [-0.3, -0.25) is 0 Å². The van der Waals surface area contributed by atoms with Gasteiger partial charge in [-0.15, -0.1) is 11.3 Å². The van der Waals surface area contributed by atoms with Gasteiger partial charge in [0.2, 0.25) is 0 Å². The molecule has 26 heavy (non-hydrogen) atoms. The molecule has 0 radical (unpaired) electrons. The lowest BCUT2D eigenvalue weighted by atomic mass is 9.96. The van der Waals surface area contributed by atoms with E-state index < -0.39 is 6.61 Å². The number of ether oxygens (including phenoxy) is 1. The van der Waals surface area contributed by atoms with Crippen LogP contribution in [0, 0.1) is 0 Å². The third-order valence-electron chi connectivity index (χ3n) is 5.62. The van der Waals surface area contributed by atoms with Crippen molar-refractivity contribution in [1.82, 2.24) is 9.88 Å². The molecule has 1 aromatic carbocycles. The predicted octanol–water partition coefficient (Wildman–Crippen LogP) is 5.53. The molecule has 1 saturated carbocycles. The molecular weight excluding hydrogens is 354 g/mol. The first-order chi connectivity index (χ1) is 12.7. The number of rotatable bonds is 5. The second-order valence-corrected chi connectivity index (χ2v) is 8.11. The van der Waals surface area contributed by atoms with E-state index in [0.717, 1.165) is 17.3 Å². The minimum Gasteiger partial charge on any atom is -0.435 e. The number of piperidine rings is 1. The molecule has 2 heterocycles. The Morgan fingerprint density at radius 1 is 1.04 bits per heavy atom. The molecule has 1 aromatic heterocycles. The summed E-state index contributed by atoms with van der Waals surface area (Å²) in [5.41, 5.74) is 1.87. The Labute approximate surface area is 157 Å². The van der Waals surface area contributed by atoms with Crippen molar-refractivity contribution in [1.29, 1.82) is 0 Å². The first kappa shape index (κ1) is 17.9. The van der Waals surface area contributed by atoms with Gasteiger partial charge in [0.15, 0.2) is 0 Å². The van der Waals surface area contributed by atoms with Crippen molar-refractivity contribution in [2.75, 3.05) is 13.1 Å². The number of likely N-dealkylation sites (tertiary alicyclic amines) is 1. The maximum atomic E-state index is 12.2. The Morgan fingerprint density at radius 3 is 2.38 bits per heavy atom. The van der Waals surface area contributed by atoms with Gasteiger partial charge in [-0.1, -0.05) is 12.8 Å². The van der Waals surface area contributed by atoms with E-state index in [4.69, 9.17) is 4.98 Å². The largest absolute Gasteiger partial charge is 0.435 e. The van der Waals surface area contributed by atoms with Gasteiger partial charge in [-0.05, 0) is 63.0 Å². The number of aromatic nitrogens is 1. The van der Waals surface area contributed by atoms with E-state index >= 15 is 0 Å². The van der Waals surface area contributed by atoms with Crippen LogP contribution < -0.4 is 4.74 Å². The van der Waals surface area contributed by atoms with Gasteiger partial charge in [-0.2, -0.15) is 8.78 Å². The Kier molecular flexibility index (Phi) is 5.50. The highest BCUT2D eigenvalue weighted by Crippen LogP contribution is 2.35. The highest BCUT2D eigenvalue weighted by atomic mass is 32.1. The van der Waals surface area contributed by atoms with Crippen LogP contribution in [0.4, 0.5) is 8.78 Å². The molecule has 2 fully saturated rings. The van der Waals surface area contributed by atoms with Crippen molar-refractivity contribution in [2.24, 2.45) is 0 Å². The third kappa shape index (κ3) is 4.07. The smallest absolute Gasteiger partial charge is 0.387 e. The summed E-state index contributed by atoms with van der Waals surface area (Å²) in [5, 5.41) is 3.28. The predicted molar refractivity (Wildman–Crippen MR) is 100.0 cm³/mol. The summed E-state index contributed by atoms with van der Waals surface area (Å²) < 4.78 is 28.9. The average molecular weight is 378 g/mol. The van der Waals surface area contributed by atoms with E-state index in [1.807, 2.05) is 0 Å². The number of thiazole rings is 1. The third-order valence-corrected chi connectivity index (χ3v) is 6.62. The highest BCUT2D eigenvalue weighted by molar-refractivity contribution is 7.10. The Balaban J connectivity index is 1.37. The molecule has 1 saturated heterocycles. The van der Waals surface area contributed by atoms with E-state index in [2.05, 4.69) is 15.0 Å². The topological polar surface area (TPSA) is 25.4 Å². The summed E-state index contributed by atoms with van der Waals surface area (Å²) in [6.45, 7) is -0.421. The molecule has 0 spiro atoms. The molecule has 1 aliphatic heterocycles. The molecule has 0 amide bonds. The normalized spacial score (nSPS) is 20.1. The molecule has 4 rings (SSSR count). The van der Waals surface area contributed by atoms with Crippen LogP contribution in [-0.2, 0) is 0 Å². The maximum absolute atomic E-state index is 12.2.